The van der Waals surface area contributed by atoms with Crippen molar-refractivity contribution in [3.63, 3.8) is 0 Å². The third kappa shape index (κ3) is 4.34. The summed E-state index contributed by atoms with van der Waals surface area (Å²) in [5.74, 6) is -0.878. The summed E-state index contributed by atoms with van der Waals surface area (Å²) >= 11 is 1.49. The fourth-order valence-electron chi connectivity index (χ4n) is 3.45. The standard InChI is InChI=1S/C22H17F4NOS/c23-16-9-5-14(6-10-16)20(19-2-1-11-29-19)27-21(28)18-12-17(18)13-3-7-15(8-4-13)22(24,25)26/h1-11,17-18,20H,12H2,(H,27,28). The van der Waals surface area contributed by atoms with Crippen molar-refractivity contribution in [2.45, 2.75) is 24.6 Å². The van der Waals surface area contributed by atoms with Crippen LogP contribution < -0.4 is 5.32 Å². The van der Waals surface area contributed by atoms with Crippen LogP contribution in [0.25, 0.3) is 0 Å². The number of nitrogens with one attached hydrogen (secondary N) is 1. The number of halogens is 4. The quantitative estimate of drug-likeness (QED) is 0.512. The third-order valence-electron chi connectivity index (χ3n) is 5.11. The molecule has 1 N–H and O–H groups in total. The molecule has 1 heterocycles. The van der Waals surface area contributed by atoms with Gasteiger partial charge in [-0.2, -0.15) is 13.2 Å². The Balaban J connectivity index is 1.47. The monoisotopic (exact) mass is 419 g/mol. The van der Waals surface area contributed by atoms with Crippen LogP contribution in [0.1, 0.15) is 39.9 Å². The van der Waals surface area contributed by atoms with Crippen LogP contribution in [0.15, 0.2) is 66.0 Å². The lowest BCUT2D eigenvalue weighted by molar-refractivity contribution is -0.137. The molecule has 1 amide bonds. The molecule has 3 unspecified atom stereocenters. The van der Waals surface area contributed by atoms with Gasteiger partial charge in [-0.1, -0.05) is 30.3 Å². The van der Waals surface area contributed by atoms with Crippen molar-refractivity contribution in [2.24, 2.45) is 5.92 Å². The van der Waals surface area contributed by atoms with E-state index in [1.54, 1.807) is 12.1 Å². The fourth-order valence-corrected chi connectivity index (χ4v) is 4.25. The predicted molar refractivity (Wildman–Crippen MR) is 103 cm³/mol. The Hall–Kier alpha value is -2.67. The summed E-state index contributed by atoms with van der Waals surface area (Å²) < 4.78 is 51.4. The maximum absolute atomic E-state index is 13.3. The van der Waals surface area contributed by atoms with Crippen LogP contribution >= 0.6 is 11.3 Å². The Morgan fingerprint density at radius 1 is 1.03 bits per heavy atom. The maximum Gasteiger partial charge on any atom is 0.416 e. The van der Waals surface area contributed by atoms with E-state index in [2.05, 4.69) is 5.32 Å². The molecule has 7 heteroatoms. The number of rotatable bonds is 5. The third-order valence-corrected chi connectivity index (χ3v) is 6.05. The Labute approximate surface area is 169 Å². The molecule has 1 aliphatic carbocycles. The average Bonchev–Trinajstić information content (AvgIpc) is 3.32. The summed E-state index contributed by atoms with van der Waals surface area (Å²) in [5, 5.41) is 4.92. The van der Waals surface area contributed by atoms with Crippen LogP contribution in [-0.4, -0.2) is 5.91 Å². The zero-order valence-corrected chi connectivity index (χ0v) is 15.9. The molecule has 4 rings (SSSR count). The molecule has 2 aromatic carbocycles. The molecule has 0 aliphatic heterocycles. The molecule has 150 valence electrons. The van der Waals surface area contributed by atoms with Crippen LogP contribution in [0.2, 0.25) is 0 Å². The Bertz CT molecular complexity index is 981. The van der Waals surface area contributed by atoms with Crippen molar-refractivity contribution in [1.82, 2.24) is 5.32 Å². The number of hydrogen-bond donors (Lipinski definition) is 1. The van der Waals surface area contributed by atoms with E-state index in [0.717, 1.165) is 28.1 Å². The summed E-state index contributed by atoms with van der Waals surface area (Å²) in [7, 11) is 0. The summed E-state index contributed by atoms with van der Waals surface area (Å²) in [6.07, 6.45) is -3.78. The second kappa shape index (κ2) is 7.63. The van der Waals surface area contributed by atoms with Gasteiger partial charge in [0.1, 0.15) is 5.82 Å². The van der Waals surface area contributed by atoms with Gasteiger partial charge in [0.05, 0.1) is 11.6 Å². The molecule has 29 heavy (non-hydrogen) atoms. The van der Waals surface area contributed by atoms with E-state index < -0.39 is 17.8 Å². The Kier molecular flexibility index (Phi) is 5.17. The van der Waals surface area contributed by atoms with Gasteiger partial charge in [0, 0.05) is 10.8 Å². The molecular weight excluding hydrogens is 402 g/mol. The van der Waals surface area contributed by atoms with Gasteiger partial charge in [-0.05, 0) is 59.2 Å². The summed E-state index contributed by atoms with van der Waals surface area (Å²) in [4.78, 5) is 13.7. The molecule has 0 bridgehead atoms. The van der Waals surface area contributed by atoms with E-state index in [0.29, 0.717) is 6.42 Å². The molecular formula is C22H17F4NOS. The summed E-state index contributed by atoms with van der Waals surface area (Å²) in [5.41, 5.74) is 0.804. The van der Waals surface area contributed by atoms with Gasteiger partial charge in [-0.15, -0.1) is 11.3 Å². The first-order valence-corrected chi connectivity index (χ1v) is 9.97. The highest BCUT2D eigenvalue weighted by atomic mass is 32.1. The van der Waals surface area contributed by atoms with Gasteiger partial charge in [0.15, 0.2) is 0 Å². The van der Waals surface area contributed by atoms with Crippen molar-refractivity contribution in [1.29, 1.82) is 0 Å². The van der Waals surface area contributed by atoms with Gasteiger partial charge >= 0.3 is 6.18 Å². The lowest BCUT2D eigenvalue weighted by Crippen LogP contribution is -2.30. The van der Waals surface area contributed by atoms with Gasteiger partial charge in [-0.3, -0.25) is 4.79 Å². The molecule has 3 atom stereocenters. The number of amides is 1. The van der Waals surface area contributed by atoms with Gasteiger partial charge in [-0.25, -0.2) is 4.39 Å². The highest BCUT2D eigenvalue weighted by Crippen LogP contribution is 2.48. The van der Waals surface area contributed by atoms with Crippen LogP contribution in [0, 0.1) is 11.7 Å². The van der Waals surface area contributed by atoms with Crippen LogP contribution in [0.4, 0.5) is 17.6 Å². The average molecular weight is 419 g/mol. The maximum atomic E-state index is 13.3. The molecule has 0 saturated heterocycles. The zero-order valence-electron chi connectivity index (χ0n) is 15.1. The Morgan fingerprint density at radius 3 is 2.31 bits per heavy atom. The summed E-state index contributed by atoms with van der Waals surface area (Å²) in [6.45, 7) is 0. The number of carbonyl (C=O) groups is 1. The largest absolute Gasteiger partial charge is 0.416 e. The van der Waals surface area contributed by atoms with E-state index in [9.17, 15) is 22.4 Å². The number of thiophene rings is 1. The molecule has 1 aromatic heterocycles. The lowest BCUT2D eigenvalue weighted by atomic mass is 10.0. The number of alkyl halides is 3. The molecule has 1 saturated carbocycles. The van der Waals surface area contributed by atoms with Crippen molar-refractivity contribution in [2.75, 3.05) is 0 Å². The second-order valence-electron chi connectivity index (χ2n) is 7.08. The van der Waals surface area contributed by atoms with E-state index in [4.69, 9.17) is 0 Å². The van der Waals surface area contributed by atoms with E-state index in [1.807, 2.05) is 17.5 Å². The van der Waals surface area contributed by atoms with Crippen molar-refractivity contribution >= 4 is 17.2 Å². The zero-order chi connectivity index (χ0) is 20.6. The van der Waals surface area contributed by atoms with Gasteiger partial charge in [0.25, 0.3) is 0 Å². The number of hydrogen-bond acceptors (Lipinski definition) is 2. The van der Waals surface area contributed by atoms with Crippen molar-refractivity contribution < 1.29 is 22.4 Å². The van der Waals surface area contributed by atoms with Crippen LogP contribution in [0.5, 0.6) is 0 Å². The number of carbonyl (C=O) groups excluding carboxylic acids is 1. The first kappa shape index (κ1) is 19.6. The Morgan fingerprint density at radius 2 is 1.72 bits per heavy atom. The minimum atomic E-state index is -4.37. The van der Waals surface area contributed by atoms with E-state index in [-0.39, 0.29) is 23.6 Å². The number of benzene rings is 2. The topological polar surface area (TPSA) is 29.1 Å². The summed E-state index contributed by atoms with van der Waals surface area (Å²) in [6, 6.07) is 14.4. The van der Waals surface area contributed by atoms with Crippen LogP contribution in [0.3, 0.4) is 0 Å². The minimum Gasteiger partial charge on any atom is -0.344 e. The van der Waals surface area contributed by atoms with Crippen molar-refractivity contribution in [3.05, 3.63) is 93.4 Å². The molecule has 0 spiro atoms. The highest BCUT2D eigenvalue weighted by Gasteiger charge is 2.45. The van der Waals surface area contributed by atoms with E-state index in [1.165, 1.54) is 35.6 Å². The normalized spacial score (nSPS) is 19.6. The SMILES string of the molecule is O=C(NC(c1ccc(F)cc1)c1cccs1)C1CC1c1ccc(C(F)(F)F)cc1. The predicted octanol–water partition coefficient (Wildman–Crippen LogP) is 5.92. The molecule has 1 fully saturated rings. The lowest BCUT2D eigenvalue weighted by Gasteiger charge is -2.18. The van der Waals surface area contributed by atoms with Gasteiger partial charge < -0.3 is 5.32 Å². The van der Waals surface area contributed by atoms with Crippen LogP contribution in [-0.2, 0) is 11.0 Å². The second-order valence-corrected chi connectivity index (χ2v) is 8.06. The van der Waals surface area contributed by atoms with Gasteiger partial charge in [0.2, 0.25) is 5.91 Å². The smallest absolute Gasteiger partial charge is 0.344 e. The first-order chi connectivity index (χ1) is 13.8. The molecule has 1 aliphatic rings. The van der Waals surface area contributed by atoms with E-state index >= 15 is 0 Å². The molecule has 2 nitrogen and oxygen atoms in total. The molecule has 0 radical (unpaired) electrons. The highest BCUT2D eigenvalue weighted by molar-refractivity contribution is 7.10. The minimum absolute atomic E-state index is 0.0884. The van der Waals surface area contributed by atoms with Crippen molar-refractivity contribution in [3.8, 4) is 0 Å². The fraction of sp³-hybridized carbons (Fsp3) is 0.227. The molecule has 3 aromatic rings. The first-order valence-electron chi connectivity index (χ1n) is 9.09.